The Balaban J connectivity index is 1.87. The van der Waals surface area contributed by atoms with Gasteiger partial charge in [-0.05, 0) is 42.9 Å². The van der Waals surface area contributed by atoms with Gasteiger partial charge < -0.3 is 5.32 Å². The zero-order valence-electron chi connectivity index (χ0n) is 10.4. The molecule has 0 amide bonds. The fourth-order valence-electron chi connectivity index (χ4n) is 2.71. The van der Waals surface area contributed by atoms with Gasteiger partial charge in [-0.3, -0.25) is 0 Å². The Kier molecular flexibility index (Phi) is 4.03. The van der Waals surface area contributed by atoms with Crippen molar-refractivity contribution >= 4 is 5.69 Å². The fourth-order valence-corrected chi connectivity index (χ4v) is 2.71. The Morgan fingerprint density at radius 1 is 1.41 bits per heavy atom. The molecule has 1 aliphatic rings. The minimum atomic E-state index is 0.729. The Labute approximate surface area is 104 Å². The van der Waals surface area contributed by atoms with Crippen LogP contribution in [0.5, 0.6) is 0 Å². The van der Waals surface area contributed by atoms with E-state index in [0.29, 0.717) is 0 Å². The first-order valence-corrected chi connectivity index (χ1v) is 6.52. The van der Waals surface area contributed by atoms with Crippen molar-refractivity contribution in [2.45, 2.75) is 32.6 Å². The van der Waals surface area contributed by atoms with Gasteiger partial charge in [0.05, 0.1) is 11.6 Å². The molecule has 2 rings (SSSR count). The van der Waals surface area contributed by atoms with E-state index in [4.69, 9.17) is 5.26 Å². The number of nitriles is 1. The van der Waals surface area contributed by atoms with Gasteiger partial charge in [0, 0.05) is 12.2 Å². The predicted octanol–water partition coefficient (Wildman–Crippen LogP) is 3.80. The van der Waals surface area contributed by atoms with E-state index in [1.807, 2.05) is 24.3 Å². The van der Waals surface area contributed by atoms with Gasteiger partial charge in [-0.2, -0.15) is 5.26 Å². The molecule has 90 valence electrons. The summed E-state index contributed by atoms with van der Waals surface area (Å²) in [4.78, 5) is 0. The molecule has 0 bridgehead atoms. The van der Waals surface area contributed by atoms with Crippen molar-refractivity contribution in [3.63, 3.8) is 0 Å². The average molecular weight is 228 g/mol. The first-order chi connectivity index (χ1) is 8.28. The van der Waals surface area contributed by atoms with E-state index >= 15 is 0 Å². The normalized spacial score (nSPS) is 24.0. The monoisotopic (exact) mass is 228 g/mol. The molecule has 1 aliphatic carbocycles. The van der Waals surface area contributed by atoms with E-state index in [9.17, 15) is 0 Å². The van der Waals surface area contributed by atoms with Gasteiger partial charge in [-0.25, -0.2) is 0 Å². The lowest BCUT2D eigenvalue weighted by Gasteiger charge is -2.27. The van der Waals surface area contributed by atoms with Crippen LogP contribution in [0.1, 0.15) is 38.2 Å². The largest absolute Gasteiger partial charge is 0.385 e. The van der Waals surface area contributed by atoms with Crippen LogP contribution in [0, 0.1) is 23.2 Å². The van der Waals surface area contributed by atoms with Gasteiger partial charge in [0.2, 0.25) is 0 Å². The molecule has 0 aliphatic heterocycles. The van der Waals surface area contributed by atoms with Crippen LogP contribution in [0.2, 0.25) is 0 Å². The molecule has 2 heteroatoms. The van der Waals surface area contributed by atoms with Crippen LogP contribution in [-0.4, -0.2) is 6.54 Å². The zero-order chi connectivity index (χ0) is 12.1. The summed E-state index contributed by atoms with van der Waals surface area (Å²) in [6.45, 7) is 3.39. The number of benzene rings is 1. The van der Waals surface area contributed by atoms with Crippen molar-refractivity contribution in [2.24, 2.45) is 11.8 Å². The van der Waals surface area contributed by atoms with Crippen LogP contribution in [0.3, 0.4) is 0 Å². The molecule has 17 heavy (non-hydrogen) atoms. The Morgan fingerprint density at radius 2 is 2.29 bits per heavy atom. The van der Waals surface area contributed by atoms with Crippen molar-refractivity contribution in [3.05, 3.63) is 29.8 Å². The highest BCUT2D eigenvalue weighted by Crippen LogP contribution is 2.28. The number of rotatable bonds is 3. The second-order valence-electron chi connectivity index (χ2n) is 5.21. The van der Waals surface area contributed by atoms with Gasteiger partial charge in [-0.15, -0.1) is 0 Å². The molecule has 0 saturated heterocycles. The third-order valence-electron chi connectivity index (χ3n) is 3.63. The van der Waals surface area contributed by atoms with E-state index in [0.717, 1.165) is 29.6 Å². The smallest absolute Gasteiger partial charge is 0.0992 e. The van der Waals surface area contributed by atoms with Gasteiger partial charge in [0.15, 0.2) is 0 Å². The number of hydrogen-bond acceptors (Lipinski definition) is 2. The van der Waals surface area contributed by atoms with E-state index in [1.165, 1.54) is 25.7 Å². The molecule has 0 spiro atoms. The third kappa shape index (κ3) is 3.49. The molecule has 1 aromatic rings. The van der Waals surface area contributed by atoms with Gasteiger partial charge >= 0.3 is 0 Å². The van der Waals surface area contributed by atoms with Crippen LogP contribution in [0.4, 0.5) is 5.69 Å². The average Bonchev–Trinajstić information content (AvgIpc) is 2.37. The van der Waals surface area contributed by atoms with Crippen LogP contribution in [0.15, 0.2) is 24.3 Å². The first-order valence-electron chi connectivity index (χ1n) is 6.52. The predicted molar refractivity (Wildman–Crippen MR) is 70.8 cm³/mol. The molecule has 0 heterocycles. The lowest BCUT2D eigenvalue weighted by molar-refractivity contribution is 0.293. The van der Waals surface area contributed by atoms with Crippen molar-refractivity contribution < 1.29 is 0 Å². The molecule has 0 aromatic heterocycles. The maximum absolute atomic E-state index is 8.84. The van der Waals surface area contributed by atoms with Crippen molar-refractivity contribution in [3.8, 4) is 6.07 Å². The summed E-state index contributed by atoms with van der Waals surface area (Å²) in [6.07, 6.45) is 5.44. The highest BCUT2D eigenvalue weighted by molar-refractivity contribution is 5.49. The van der Waals surface area contributed by atoms with Crippen LogP contribution in [-0.2, 0) is 0 Å². The summed E-state index contributed by atoms with van der Waals surface area (Å²) in [7, 11) is 0. The number of nitrogens with one attached hydrogen (secondary N) is 1. The second-order valence-corrected chi connectivity index (χ2v) is 5.21. The fraction of sp³-hybridized carbons (Fsp3) is 0.533. The highest BCUT2D eigenvalue weighted by Gasteiger charge is 2.18. The molecular formula is C15H20N2. The molecule has 2 unspecified atom stereocenters. The maximum Gasteiger partial charge on any atom is 0.0992 e. The number of hydrogen-bond donors (Lipinski definition) is 1. The van der Waals surface area contributed by atoms with Crippen molar-refractivity contribution in [1.82, 2.24) is 0 Å². The van der Waals surface area contributed by atoms with Gasteiger partial charge in [0.1, 0.15) is 0 Å². The Bertz CT molecular complexity index is 406. The Hall–Kier alpha value is -1.49. The molecule has 1 fully saturated rings. The zero-order valence-corrected chi connectivity index (χ0v) is 10.4. The van der Waals surface area contributed by atoms with Crippen LogP contribution < -0.4 is 5.32 Å². The molecule has 2 atom stereocenters. The minimum Gasteiger partial charge on any atom is -0.385 e. The topological polar surface area (TPSA) is 35.8 Å². The van der Waals surface area contributed by atoms with Crippen LogP contribution in [0.25, 0.3) is 0 Å². The molecule has 1 saturated carbocycles. The summed E-state index contributed by atoms with van der Waals surface area (Å²) < 4.78 is 0. The lowest BCUT2D eigenvalue weighted by Crippen LogP contribution is -2.20. The molecule has 1 aromatic carbocycles. The van der Waals surface area contributed by atoms with Crippen molar-refractivity contribution in [1.29, 1.82) is 5.26 Å². The quantitative estimate of drug-likeness (QED) is 0.854. The molecular weight excluding hydrogens is 208 g/mol. The molecule has 0 radical (unpaired) electrons. The second kappa shape index (κ2) is 5.72. The summed E-state index contributed by atoms with van der Waals surface area (Å²) in [5, 5.41) is 12.3. The van der Waals surface area contributed by atoms with E-state index in [2.05, 4.69) is 18.3 Å². The summed E-state index contributed by atoms with van der Waals surface area (Å²) in [6, 6.07) is 9.91. The Morgan fingerprint density at radius 3 is 3.06 bits per heavy atom. The molecule has 1 N–H and O–H groups in total. The molecule has 2 nitrogen and oxygen atoms in total. The highest BCUT2D eigenvalue weighted by atomic mass is 14.9. The van der Waals surface area contributed by atoms with E-state index in [-0.39, 0.29) is 0 Å². The van der Waals surface area contributed by atoms with Crippen LogP contribution >= 0.6 is 0 Å². The minimum absolute atomic E-state index is 0.729. The summed E-state index contributed by atoms with van der Waals surface area (Å²) >= 11 is 0. The van der Waals surface area contributed by atoms with E-state index in [1.54, 1.807) is 0 Å². The van der Waals surface area contributed by atoms with Gasteiger partial charge in [0.25, 0.3) is 0 Å². The third-order valence-corrected chi connectivity index (χ3v) is 3.63. The SMILES string of the molecule is CC1CCCC(CNc2cccc(C#N)c2)C1. The van der Waals surface area contributed by atoms with Gasteiger partial charge in [-0.1, -0.05) is 25.8 Å². The summed E-state index contributed by atoms with van der Waals surface area (Å²) in [5.41, 5.74) is 1.80. The van der Waals surface area contributed by atoms with Crippen molar-refractivity contribution in [2.75, 3.05) is 11.9 Å². The summed E-state index contributed by atoms with van der Waals surface area (Å²) in [5.74, 6) is 1.67. The first kappa shape index (κ1) is 12.0. The standard InChI is InChI=1S/C15H20N2/c1-12-4-2-6-14(8-12)11-17-15-7-3-5-13(9-15)10-16/h3,5,7,9,12,14,17H,2,4,6,8,11H2,1H3. The number of anilines is 1. The van der Waals surface area contributed by atoms with E-state index < -0.39 is 0 Å². The lowest BCUT2D eigenvalue weighted by atomic mass is 9.82. The number of nitrogens with zero attached hydrogens (tertiary/aromatic N) is 1. The maximum atomic E-state index is 8.84.